The van der Waals surface area contributed by atoms with Gasteiger partial charge in [-0.1, -0.05) is 41.4 Å². The number of piperazine rings is 1. The summed E-state index contributed by atoms with van der Waals surface area (Å²) in [6.07, 6.45) is 1.75. The minimum Gasteiger partial charge on any atom is -0.399 e. The van der Waals surface area contributed by atoms with E-state index in [0.29, 0.717) is 40.9 Å². The quantitative estimate of drug-likeness (QED) is 0.378. The number of fused-ring (bicyclic) bond motifs is 1. The lowest BCUT2D eigenvalue weighted by atomic mass is 10.00. The molecular weight excluding hydrogens is 455 g/mol. The highest BCUT2D eigenvalue weighted by Crippen LogP contribution is 2.37. The largest absolute Gasteiger partial charge is 0.399 e. The molecule has 7 heteroatoms. The van der Waals surface area contributed by atoms with Crippen LogP contribution in [0.2, 0.25) is 10.0 Å². The van der Waals surface area contributed by atoms with E-state index in [1.807, 2.05) is 71.6 Å². The predicted molar refractivity (Wildman–Crippen MR) is 135 cm³/mol. The molecule has 0 saturated carbocycles. The Morgan fingerprint density at radius 1 is 0.970 bits per heavy atom. The molecule has 5 rings (SSSR count). The minimum absolute atomic E-state index is 0.00283. The van der Waals surface area contributed by atoms with Gasteiger partial charge in [-0.05, 0) is 60.2 Å². The fourth-order valence-corrected chi connectivity index (χ4v) is 4.88. The van der Waals surface area contributed by atoms with Gasteiger partial charge in [0.05, 0.1) is 22.3 Å². The number of amides is 1. The molecule has 166 valence electrons. The molecule has 2 heterocycles. The van der Waals surface area contributed by atoms with Crippen LogP contribution in [0.5, 0.6) is 0 Å². The van der Waals surface area contributed by atoms with Crippen molar-refractivity contribution in [2.45, 2.75) is 6.04 Å². The van der Waals surface area contributed by atoms with Gasteiger partial charge in [0.2, 0.25) is 0 Å². The number of carbonyl (C=O) groups is 1. The van der Waals surface area contributed by atoms with E-state index in [0.717, 1.165) is 22.2 Å². The lowest BCUT2D eigenvalue weighted by Gasteiger charge is -2.43. The molecule has 5 nitrogen and oxygen atoms in total. The van der Waals surface area contributed by atoms with Crippen molar-refractivity contribution in [3.05, 3.63) is 100 Å². The van der Waals surface area contributed by atoms with Crippen LogP contribution in [0.1, 0.15) is 22.0 Å². The first-order chi connectivity index (χ1) is 16.0. The first-order valence-corrected chi connectivity index (χ1v) is 11.5. The van der Waals surface area contributed by atoms with Crippen LogP contribution in [0.25, 0.3) is 10.9 Å². The first kappa shape index (κ1) is 21.6. The zero-order valence-corrected chi connectivity index (χ0v) is 19.3. The monoisotopic (exact) mass is 476 g/mol. The molecule has 1 saturated heterocycles. The Labute approximate surface area is 202 Å². The van der Waals surface area contributed by atoms with Crippen molar-refractivity contribution in [2.24, 2.45) is 0 Å². The molecule has 0 radical (unpaired) electrons. The number of halogens is 2. The number of anilines is 2. The fourth-order valence-electron chi connectivity index (χ4n) is 4.36. The molecule has 3 aromatic carbocycles. The lowest BCUT2D eigenvalue weighted by molar-refractivity contribution is 0.0722. The van der Waals surface area contributed by atoms with Gasteiger partial charge in [0, 0.05) is 47.5 Å². The van der Waals surface area contributed by atoms with Gasteiger partial charge in [0.25, 0.3) is 5.91 Å². The number of hydrogen-bond acceptors (Lipinski definition) is 4. The SMILES string of the molecule is Nc1ccc(C2CN(C(=O)c3ccc4ncccc4c3)CCN2c2ccc(Cl)cc2Cl)cc1. The number of nitrogen functional groups attached to an aromatic ring is 1. The summed E-state index contributed by atoms with van der Waals surface area (Å²) in [6.45, 7) is 1.73. The molecular formula is C26H22Cl2N4O. The second kappa shape index (κ2) is 8.93. The van der Waals surface area contributed by atoms with E-state index in [2.05, 4.69) is 9.88 Å². The van der Waals surface area contributed by atoms with Crippen LogP contribution in [-0.2, 0) is 0 Å². The molecule has 1 atom stereocenters. The van der Waals surface area contributed by atoms with Crippen LogP contribution in [0.4, 0.5) is 11.4 Å². The minimum atomic E-state index is -0.0795. The molecule has 2 N–H and O–H groups in total. The highest BCUT2D eigenvalue weighted by molar-refractivity contribution is 6.36. The van der Waals surface area contributed by atoms with Crippen LogP contribution in [0.15, 0.2) is 79.0 Å². The Morgan fingerprint density at radius 2 is 1.79 bits per heavy atom. The van der Waals surface area contributed by atoms with Gasteiger partial charge in [0.15, 0.2) is 0 Å². The molecule has 0 aliphatic carbocycles. The fraction of sp³-hybridized carbons (Fsp3) is 0.154. The number of carbonyl (C=O) groups excluding carboxylic acids is 1. The number of rotatable bonds is 3. The van der Waals surface area contributed by atoms with Crippen molar-refractivity contribution in [2.75, 3.05) is 30.3 Å². The Balaban J connectivity index is 1.48. The maximum Gasteiger partial charge on any atom is 0.254 e. The second-order valence-corrected chi connectivity index (χ2v) is 8.98. The van der Waals surface area contributed by atoms with Gasteiger partial charge in [-0.25, -0.2) is 0 Å². The predicted octanol–water partition coefficient (Wildman–Crippen LogP) is 5.83. The average molecular weight is 477 g/mol. The van der Waals surface area contributed by atoms with Crippen molar-refractivity contribution in [3.63, 3.8) is 0 Å². The Bertz CT molecular complexity index is 1330. The zero-order chi connectivity index (χ0) is 22.9. The van der Waals surface area contributed by atoms with Crippen molar-refractivity contribution in [1.82, 2.24) is 9.88 Å². The molecule has 33 heavy (non-hydrogen) atoms. The zero-order valence-electron chi connectivity index (χ0n) is 17.8. The van der Waals surface area contributed by atoms with Gasteiger partial charge in [-0.15, -0.1) is 0 Å². The third-order valence-electron chi connectivity index (χ3n) is 6.06. The maximum atomic E-state index is 13.5. The van der Waals surface area contributed by atoms with Crippen molar-refractivity contribution >= 4 is 51.4 Å². The summed E-state index contributed by atoms with van der Waals surface area (Å²) in [5.41, 5.74) is 10.1. The Morgan fingerprint density at radius 3 is 2.58 bits per heavy atom. The topological polar surface area (TPSA) is 62.5 Å². The third kappa shape index (κ3) is 4.34. The van der Waals surface area contributed by atoms with Gasteiger partial charge < -0.3 is 15.5 Å². The summed E-state index contributed by atoms with van der Waals surface area (Å²) in [7, 11) is 0. The Kier molecular flexibility index (Phi) is 5.83. The van der Waals surface area contributed by atoms with E-state index in [9.17, 15) is 4.79 Å². The third-order valence-corrected chi connectivity index (χ3v) is 6.60. The first-order valence-electron chi connectivity index (χ1n) is 10.7. The normalized spacial score (nSPS) is 16.2. The molecule has 1 fully saturated rings. The number of pyridine rings is 1. The summed E-state index contributed by atoms with van der Waals surface area (Å²) < 4.78 is 0. The van der Waals surface area contributed by atoms with Gasteiger partial charge in [0.1, 0.15) is 0 Å². The standard InChI is InChI=1S/C26H22Cl2N4O/c27-20-6-10-24(22(28)15-20)32-13-12-31(16-25(32)17-3-7-21(29)8-4-17)26(33)19-5-9-23-18(14-19)2-1-11-30-23/h1-11,14-15,25H,12-13,16,29H2. The van der Waals surface area contributed by atoms with E-state index in [1.165, 1.54) is 0 Å². The van der Waals surface area contributed by atoms with Gasteiger partial charge >= 0.3 is 0 Å². The van der Waals surface area contributed by atoms with Gasteiger partial charge in [-0.3, -0.25) is 9.78 Å². The smallest absolute Gasteiger partial charge is 0.254 e. The number of aromatic nitrogens is 1. The summed E-state index contributed by atoms with van der Waals surface area (Å²) >= 11 is 12.7. The van der Waals surface area contributed by atoms with Crippen molar-refractivity contribution in [3.8, 4) is 0 Å². The van der Waals surface area contributed by atoms with Crippen LogP contribution in [-0.4, -0.2) is 35.4 Å². The highest BCUT2D eigenvalue weighted by atomic mass is 35.5. The Hall–Kier alpha value is -3.28. The van der Waals surface area contributed by atoms with E-state index < -0.39 is 0 Å². The summed E-state index contributed by atoms with van der Waals surface area (Å²) in [4.78, 5) is 21.9. The molecule has 0 bridgehead atoms. The maximum absolute atomic E-state index is 13.5. The summed E-state index contributed by atoms with van der Waals surface area (Å²) in [5.74, 6) is 0.00283. The molecule has 1 aromatic heterocycles. The molecule has 4 aromatic rings. The molecule has 1 aliphatic rings. The van der Waals surface area contributed by atoms with E-state index in [1.54, 1.807) is 12.3 Å². The number of benzene rings is 3. The van der Waals surface area contributed by atoms with E-state index >= 15 is 0 Å². The number of hydrogen-bond donors (Lipinski definition) is 1. The van der Waals surface area contributed by atoms with Crippen molar-refractivity contribution < 1.29 is 4.79 Å². The molecule has 1 aliphatic heterocycles. The molecule has 1 unspecified atom stereocenters. The summed E-state index contributed by atoms with van der Waals surface area (Å²) in [6, 6.07) is 22.7. The average Bonchev–Trinajstić information content (AvgIpc) is 2.84. The second-order valence-electron chi connectivity index (χ2n) is 8.13. The molecule has 1 amide bonds. The van der Waals surface area contributed by atoms with Crippen LogP contribution in [0, 0.1) is 0 Å². The molecule has 0 spiro atoms. The summed E-state index contributed by atoms with van der Waals surface area (Å²) in [5, 5.41) is 2.13. The number of nitrogens with two attached hydrogens (primary N) is 1. The van der Waals surface area contributed by atoms with Crippen molar-refractivity contribution in [1.29, 1.82) is 0 Å². The van der Waals surface area contributed by atoms with Crippen LogP contribution < -0.4 is 10.6 Å². The van der Waals surface area contributed by atoms with E-state index in [-0.39, 0.29) is 11.9 Å². The number of nitrogens with zero attached hydrogens (tertiary/aromatic N) is 3. The van der Waals surface area contributed by atoms with Crippen LogP contribution in [0.3, 0.4) is 0 Å². The van der Waals surface area contributed by atoms with E-state index in [4.69, 9.17) is 28.9 Å². The van der Waals surface area contributed by atoms with Crippen LogP contribution >= 0.6 is 23.2 Å². The lowest BCUT2D eigenvalue weighted by Crippen LogP contribution is -2.50. The van der Waals surface area contributed by atoms with Gasteiger partial charge in [-0.2, -0.15) is 0 Å². The highest BCUT2D eigenvalue weighted by Gasteiger charge is 2.32.